The number of pyridine rings is 1. The van der Waals surface area contributed by atoms with E-state index in [1.54, 1.807) is 12.1 Å². The smallest absolute Gasteiger partial charge is 0.340 e. The van der Waals surface area contributed by atoms with Gasteiger partial charge in [-0.25, -0.2) is 4.98 Å². The summed E-state index contributed by atoms with van der Waals surface area (Å²) in [5.41, 5.74) is -1.77. The lowest BCUT2D eigenvalue weighted by Crippen LogP contribution is -2.57. The van der Waals surface area contributed by atoms with E-state index >= 15 is 0 Å². The van der Waals surface area contributed by atoms with Crippen LogP contribution in [0.5, 0.6) is 0 Å². The molecule has 2 aromatic rings. The predicted molar refractivity (Wildman–Crippen MR) is 82.0 cm³/mol. The number of nitrogens with zero attached hydrogens (tertiary/aromatic N) is 1. The molecule has 1 aliphatic carbocycles. The molecule has 2 heterocycles. The van der Waals surface area contributed by atoms with Gasteiger partial charge in [-0.1, -0.05) is 17.7 Å². The van der Waals surface area contributed by atoms with Gasteiger partial charge in [0.05, 0.1) is 0 Å². The summed E-state index contributed by atoms with van der Waals surface area (Å²) in [7, 11) is 0. The normalized spacial score (nSPS) is 23.0. The van der Waals surface area contributed by atoms with Gasteiger partial charge in [0.2, 0.25) is 0 Å². The van der Waals surface area contributed by atoms with Crippen LogP contribution in [0.3, 0.4) is 0 Å². The summed E-state index contributed by atoms with van der Waals surface area (Å²) in [4.78, 5) is 4.09. The van der Waals surface area contributed by atoms with Crippen LogP contribution in [0.15, 0.2) is 36.5 Å². The molecule has 2 aliphatic rings. The van der Waals surface area contributed by atoms with Crippen LogP contribution in [0.2, 0.25) is 5.02 Å². The van der Waals surface area contributed by atoms with Crippen molar-refractivity contribution in [1.82, 2.24) is 10.3 Å². The molecule has 1 saturated carbocycles. The third-order valence-corrected chi connectivity index (χ3v) is 4.51. The fourth-order valence-electron chi connectivity index (χ4n) is 3.09. The molecule has 0 amide bonds. The molecule has 0 bridgehead atoms. The van der Waals surface area contributed by atoms with Crippen molar-refractivity contribution in [3.63, 3.8) is 0 Å². The number of hydrogen-bond acceptors (Lipinski definition) is 3. The number of alkyl halides is 3. The summed E-state index contributed by atoms with van der Waals surface area (Å²) < 4.78 is 42.9. The summed E-state index contributed by atoms with van der Waals surface area (Å²) in [5, 5.41) is 6.07. The van der Waals surface area contributed by atoms with Crippen LogP contribution in [0, 0.1) is 0 Å². The van der Waals surface area contributed by atoms with E-state index in [4.69, 9.17) is 11.6 Å². The van der Waals surface area contributed by atoms with E-state index in [1.165, 1.54) is 24.4 Å². The average Bonchev–Trinajstić information content (AvgIpc) is 3.30. The highest BCUT2D eigenvalue weighted by Crippen LogP contribution is 2.53. The number of halogens is 4. The van der Waals surface area contributed by atoms with Gasteiger partial charge in [0, 0.05) is 34.1 Å². The van der Waals surface area contributed by atoms with Gasteiger partial charge < -0.3 is 5.32 Å². The molecule has 2 N–H and O–H groups in total. The molecule has 7 heteroatoms. The molecule has 1 fully saturated rings. The minimum absolute atomic E-state index is 0.0779. The van der Waals surface area contributed by atoms with E-state index < -0.39 is 11.7 Å². The van der Waals surface area contributed by atoms with Crippen LogP contribution < -0.4 is 10.6 Å². The van der Waals surface area contributed by atoms with Gasteiger partial charge in [0.15, 0.2) is 5.54 Å². The Labute approximate surface area is 135 Å². The third-order valence-electron chi connectivity index (χ3n) is 4.27. The largest absolute Gasteiger partial charge is 0.415 e. The number of hydrogen-bond donors (Lipinski definition) is 2. The molecule has 1 aromatic carbocycles. The standard InChI is InChI=1S/C16H13ClF3N3/c17-9-3-6-13-12(8-9)15(16(18,19)20,23-10-4-5-10)11-2-1-7-21-14(11)22-13/h1-3,6-8,10,23H,4-5H2,(H,21,22). The van der Waals surface area contributed by atoms with Gasteiger partial charge in [-0.2, -0.15) is 13.2 Å². The predicted octanol–water partition coefficient (Wildman–Crippen LogP) is 4.35. The first-order valence-electron chi connectivity index (χ1n) is 7.29. The molecule has 1 aliphatic heterocycles. The molecule has 1 unspecified atom stereocenters. The van der Waals surface area contributed by atoms with E-state index in [1.807, 2.05) is 0 Å². The quantitative estimate of drug-likeness (QED) is 0.854. The summed E-state index contributed by atoms with van der Waals surface area (Å²) in [6, 6.07) is 7.33. The Morgan fingerprint density at radius 2 is 2.00 bits per heavy atom. The first-order chi connectivity index (χ1) is 10.9. The molecule has 3 nitrogen and oxygen atoms in total. The Kier molecular flexibility index (Phi) is 3.12. The van der Waals surface area contributed by atoms with E-state index in [0.29, 0.717) is 5.69 Å². The van der Waals surface area contributed by atoms with Crippen molar-refractivity contribution in [3.8, 4) is 0 Å². The summed E-state index contributed by atoms with van der Waals surface area (Å²) in [5.74, 6) is 0.216. The molecular formula is C16H13ClF3N3. The number of aromatic nitrogens is 1. The maximum absolute atomic E-state index is 14.3. The Bertz CT molecular complexity index is 773. The zero-order chi connectivity index (χ0) is 16.2. The van der Waals surface area contributed by atoms with E-state index in [0.717, 1.165) is 12.8 Å². The Morgan fingerprint density at radius 1 is 1.22 bits per heavy atom. The zero-order valence-corrected chi connectivity index (χ0v) is 12.7. The van der Waals surface area contributed by atoms with Gasteiger partial charge in [-0.3, -0.25) is 5.32 Å². The van der Waals surface area contributed by atoms with Crippen LogP contribution in [0.4, 0.5) is 24.7 Å². The molecule has 1 aromatic heterocycles. The monoisotopic (exact) mass is 339 g/mol. The van der Waals surface area contributed by atoms with Crippen LogP contribution in [0.1, 0.15) is 24.0 Å². The number of benzene rings is 1. The van der Waals surface area contributed by atoms with Gasteiger partial charge in [-0.05, 0) is 37.1 Å². The SMILES string of the molecule is FC(F)(F)C1(NC2CC2)c2cc(Cl)ccc2Nc2ncccc21. The minimum atomic E-state index is -4.53. The van der Waals surface area contributed by atoms with Crippen molar-refractivity contribution in [3.05, 3.63) is 52.7 Å². The van der Waals surface area contributed by atoms with E-state index in [-0.39, 0.29) is 28.0 Å². The Hall–Kier alpha value is -1.79. The fourth-order valence-corrected chi connectivity index (χ4v) is 3.26. The van der Waals surface area contributed by atoms with Gasteiger partial charge in [-0.15, -0.1) is 0 Å². The number of anilines is 2. The maximum atomic E-state index is 14.3. The molecule has 0 spiro atoms. The van der Waals surface area contributed by atoms with Crippen molar-refractivity contribution in [1.29, 1.82) is 0 Å². The van der Waals surface area contributed by atoms with Gasteiger partial charge in [0.25, 0.3) is 0 Å². The van der Waals surface area contributed by atoms with Gasteiger partial charge in [0.1, 0.15) is 5.82 Å². The van der Waals surface area contributed by atoms with E-state index in [9.17, 15) is 13.2 Å². The number of rotatable bonds is 2. The van der Waals surface area contributed by atoms with E-state index in [2.05, 4.69) is 15.6 Å². The molecule has 0 radical (unpaired) electrons. The first-order valence-corrected chi connectivity index (χ1v) is 7.66. The lowest BCUT2D eigenvalue weighted by atomic mass is 9.78. The summed E-state index contributed by atoms with van der Waals surface area (Å²) in [6.45, 7) is 0. The topological polar surface area (TPSA) is 37.0 Å². The highest BCUT2D eigenvalue weighted by Gasteiger charge is 2.62. The molecule has 0 saturated heterocycles. The number of fused-ring (bicyclic) bond motifs is 2. The molecule has 23 heavy (non-hydrogen) atoms. The summed E-state index contributed by atoms with van der Waals surface area (Å²) >= 11 is 5.99. The maximum Gasteiger partial charge on any atom is 0.415 e. The fraction of sp³-hybridized carbons (Fsp3) is 0.312. The van der Waals surface area contributed by atoms with Gasteiger partial charge >= 0.3 is 6.18 Å². The van der Waals surface area contributed by atoms with Crippen molar-refractivity contribution < 1.29 is 13.2 Å². The van der Waals surface area contributed by atoms with Crippen LogP contribution in [-0.2, 0) is 5.54 Å². The molecular weight excluding hydrogens is 327 g/mol. The highest BCUT2D eigenvalue weighted by atomic mass is 35.5. The Balaban J connectivity index is 2.04. The second kappa shape index (κ2) is 4.85. The second-order valence-electron chi connectivity index (χ2n) is 5.88. The van der Waals surface area contributed by atoms with Crippen LogP contribution in [0.25, 0.3) is 0 Å². The van der Waals surface area contributed by atoms with Crippen molar-refractivity contribution in [2.75, 3.05) is 5.32 Å². The lowest BCUT2D eigenvalue weighted by Gasteiger charge is -2.42. The lowest BCUT2D eigenvalue weighted by molar-refractivity contribution is -0.188. The number of nitrogens with one attached hydrogen (secondary N) is 2. The first kappa shape index (κ1) is 14.8. The highest BCUT2D eigenvalue weighted by molar-refractivity contribution is 6.30. The van der Waals surface area contributed by atoms with Crippen molar-refractivity contribution in [2.45, 2.75) is 30.6 Å². The Morgan fingerprint density at radius 3 is 2.70 bits per heavy atom. The van der Waals surface area contributed by atoms with Crippen LogP contribution in [-0.4, -0.2) is 17.2 Å². The van der Waals surface area contributed by atoms with Crippen LogP contribution >= 0.6 is 11.6 Å². The second-order valence-corrected chi connectivity index (χ2v) is 6.32. The average molecular weight is 340 g/mol. The minimum Gasteiger partial charge on any atom is -0.340 e. The van der Waals surface area contributed by atoms with Crippen molar-refractivity contribution >= 4 is 23.1 Å². The third kappa shape index (κ3) is 2.20. The molecule has 4 rings (SSSR count). The summed E-state index contributed by atoms with van der Waals surface area (Å²) in [6.07, 6.45) is -1.59. The zero-order valence-electron chi connectivity index (χ0n) is 11.9. The molecule has 1 atom stereocenters. The molecule has 120 valence electrons. The van der Waals surface area contributed by atoms with Crippen molar-refractivity contribution in [2.24, 2.45) is 0 Å².